The molecule has 0 aliphatic rings. The third-order valence-electron chi connectivity index (χ3n) is 3.63. The van der Waals surface area contributed by atoms with Gasteiger partial charge in [-0.2, -0.15) is 0 Å². The smallest absolute Gasteiger partial charge is 0.326 e. The molecule has 0 saturated carbocycles. The van der Waals surface area contributed by atoms with E-state index in [0.717, 1.165) is 0 Å². The van der Waals surface area contributed by atoms with E-state index in [1.165, 1.54) is 55.5 Å². The molecule has 0 radical (unpaired) electrons. The zero-order valence-electron chi connectivity index (χ0n) is 15.2. The quantitative estimate of drug-likeness (QED) is 0.554. The van der Waals surface area contributed by atoms with Crippen molar-refractivity contribution in [3.63, 3.8) is 0 Å². The zero-order valence-corrected chi connectivity index (χ0v) is 16.8. The molecule has 2 amide bonds. The first kappa shape index (κ1) is 22.3. The number of benzene rings is 2. The average Bonchev–Trinajstić information content (AvgIpc) is 2.66. The highest BCUT2D eigenvalue weighted by atomic mass is 35.5. The highest BCUT2D eigenvalue weighted by Gasteiger charge is 2.19. The fraction of sp³-hybridized carbons (Fsp3) is 0.167. The number of hydrogen-bond acceptors (Lipinski definition) is 6. The Kier molecular flexibility index (Phi) is 7.32. The minimum Gasteiger partial charge on any atom is -0.451 e. The number of nitrogens with one attached hydrogen (secondary N) is 2. The van der Waals surface area contributed by atoms with Crippen molar-refractivity contribution in [2.24, 2.45) is 5.14 Å². The Labute approximate surface area is 172 Å². The van der Waals surface area contributed by atoms with Gasteiger partial charge in [0.05, 0.1) is 4.90 Å². The van der Waals surface area contributed by atoms with Crippen molar-refractivity contribution in [2.75, 3.05) is 11.9 Å². The fourth-order valence-electron chi connectivity index (χ4n) is 2.12. The van der Waals surface area contributed by atoms with Crippen LogP contribution in [0, 0.1) is 0 Å². The van der Waals surface area contributed by atoms with Gasteiger partial charge in [0.25, 0.3) is 11.8 Å². The summed E-state index contributed by atoms with van der Waals surface area (Å²) in [5.74, 6) is -1.93. The number of hydrogen-bond donors (Lipinski definition) is 3. The summed E-state index contributed by atoms with van der Waals surface area (Å²) in [7, 11) is -3.84. The van der Waals surface area contributed by atoms with Gasteiger partial charge in [-0.05, 0) is 55.5 Å². The summed E-state index contributed by atoms with van der Waals surface area (Å²) in [4.78, 5) is 35.7. The zero-order chi connectivity index (χ0) is 21.6. The number of esters is 1. The second-order valence-electron chi connectivity index (χ2n) is 5.88. The monoisotopic (exact) mass is 439 g/mol. The number of halogens is 1. The molecule has 9 nitrogen and oxygen atoms in total. The molecule has 0 aromatic heterocycles. The lowest BCUT2D eigenvalue weighted by Gasteiger charge is -2.14. The average molecular weight is 440 g/mol. The van der Waals surface area contributed by atoms with Crippen molar-refractivity contribution in [1.82, 2.24) is 5.32 Å². The van der Waals surface area contributed by atoms with Crippen molar-refractivity contribution in [3.8, 4) is 0 Å². The highest BCUT2D eigenvalue weighted by Crippen LogP contribution is 2.13. The van der Waals surface area contributed by atoms with Crippen molar-refractivity contribution >= 4 is 45.1 Å². The number of sulfonamides is 1. The first-order valence-corrected chi connectivity index (χ1v) is 10.2. The lowest BCUT2D eigenvalue weighted by Crippen LogP contribution is -2.35. The van der Waals surface area contributed by atoms with Crippen LogP contribution >= 0.6 is 11.6 Å². The fourth-order valence-corrected chi connectivity index (χ4v) is 2.76. The second-order valence-corrected chi connectivity index (χ2v) is 7.88. The molecular formula is C18H18ClN3O6S. The normalized spacial score (nSPS) is 12.0. The van der Waals surface area contributed by atoms with Gasteiger partial charge in [-0.25, -0.2) is 13.6 Å². The Hall–Kier alpha value is -2.95. The van der Waals surface area contributed by atoms with Crippen LogP contribution in [-0.4, -0.2) is 38.9 Å². The number of carbonyl (C=O) groups excluding carboxylic acids is 3. The maximum atomic E-state index is 12.1. The van der Waals surface area contributed by atoms with Crippen LogP contribution in [0.3, 0.4) is 0 Å². The largest absolute Gasteiger partial charge is 0.451 e. The molecule has 1 unspecified atom stereocenters. The molecule has 2 aromatic carbocycles. The van der Waals surface area contributed by atoms with Gasteiger partial charge in [-0.15, -0.1) is 0 Å². The van der Waals surface area contributed by atoms with Gasteiger partial charge < -0.3 is 15.4 Å². The van der Waals surface area contributed by atoms with Crippen molar-refractivity contribution in [2.45, 2.75) is 17.9 Å². The summed E-state index contributed by atoms with van der Waals surface area (Å²) in [5.41, 5.74) is 0.609. The van der Waals surface area contributed by atoms with Crippen LogP contribution in [0.15, 0.2) is 53.4 Å². The maximum absolute atomic E-state index is 12.1. The lowest BCUT2D eigenvalue weighted by molar-refractivity contribution is -0.152. The number of rotatable bonds is 7. The van der Waals surface area contributed by atoms with Gasteiger partial charge in [0.2, 0.25) is 10.0 Å². The van der Waals surface area contributed by atoms with Crippen LogP contribution in [0.2, 0.25) is 5.02 Å². The van der Waals surface area contributed by atoms with Crippen molar-refractivity contribution in [1.29, 1.82) is 0 Å². The van der Waals surface area contributed by atoms with Gasteiger partial charge in [0.15, 0.2) is 6.10 Å². The maximum Gasteiger partial charge on any atom is 0.326 e. The molecule has 11 heteroatoms. The van der Waals surface area contributed by atoms with Gasteiger partial charge >= 0.3 is 5.97 Å². The van der Waals surface area contributed by atoms with Crippen LogP contribution in [0.4, 0.5) is 5.69 Å². The molecule has 0 saturated heterocycles. The van der Waals surface area contributed by atoms with E-state index in [2.05, 4.69) is 10.6 Å². The minimum absolute atomic E-state index is 0.105. The predicted octanol–water partition coefficient (Wildman–Crippen LogP) is 1.29. The summed E-state index contributed by atoms with van der Waals surface area (Å²) in [6.45, 7) is 0.926. The van der Waals surface area contributed by atoms with Crippen LogP contribution in [0.25, 0.3) is 0 Å². The molecular weight excluding hydrogens is 422 g/mol. The number of primary sulfonamides is 1. The van der Waals surface area contributed by atoms with Crippen molar-refractivity contribution in [3.05, 3.63) is 59.1 Å². The van der Waals surface area contributed by atoms with E-state index in [1.54, 1.807) is 0 Å². The first-order valence-electron chi connectivity index (χ1n) is 8.23. The third-order valence-corrected chi connectivity index (χ3v) is 4.81. The van der Waals surface area contributed by atoms with E-state index in [-0.39, 0.29) is 4.90 Å². The SMILES string of the molecule is CC(OC(=O)CNC(=O)c1ccc(Cl)cc1)C(=O)Nc1ccc(S(N)(=O)=O)cc1. The summed E-state index contributed by atoms with van der Waals surface area (Å²) < 4.78 is 27.4. The Bertz CT molecular complexity index is 1010. The molecule has 0 aliphatic heterocycles. The van der Waals surface area contributed by atoms with E-state index < -0.39 is 40.5 Å². The van der Waals surface area contributed by atoms with E-state index in [4.69, 9.17) is 21.5 Å². The second kappa shape index (κ2) is 9.50. The standard InChI is InChI=1S/C18H18ClN3O6S/c1-11(17(24)22-14-6-8-15(9-7-14)29(20,26)27)28-16(23)10-21-18(25)12-2-4-13(19)5-3-12/h2-9,11H,10H2,1H3,(H,21,25)(H,22,24)(H2,20,26,27). The summed E-state index contributed by atoms with van der Waals surface area (Å²) in [6.07, 6.45) is -1.15. The molecule has 0 heterocycles. The molecule has 1 atom stereocenters. The molecule has 4 N–H and O–H groups in total. The Morgan fingerprint density at radius 2 is 1.66 bits per heavy atom. The van der Waals surface area contributed by atoms with E-state index in [9.17, 15) is 22.8 Å². The topological polar surface area (TPSA) is 145 Å². The molecule has 2 rings (SSSR count). The minimum atomic E-state index is -3.84. The number of anilines is 1. The molecule has 0 spiro atoms. The summed E-state index contributed by atoms with van der Waals surface area (Å²) >= 11 is 5.74. The number of ether oxygens (including phenoxy) is 1. The first-order chi connectivity index (χ1) is 13.6. The van der Waals surface area contributed by atoms with E-state index >= 15 is 0 Å². The predicted molar refractivity (Wildman–Crippen MR) is 106 cm³/mol. The number of amides is 2. The Balaban J connectivity index is 1.83. The number of carbonyl (C=O) groups is 3. The van der Waals surface area contributed by atoms with Crippen LogP contribution < -0.4 is 15.8 Å². The molecule has 0 fully saturated rings. The van der Waals surface area contributed by atoms with Crippen LogP contribution in [0.1, 0.15) is 17.3 Å². The van der Waals surface area contributed by atoms with Gasteiger partial charge in [-0.3, -0.25) is 14.4 Å². The van der Waals surface area contributed by atoms with Crippen LogP contribution in [-0.2, 0) is 24.3 Å². The molecule has 154 valence electrons. The Morgan fingerprint density at radius 3 is 2.21 bits per heavy atom. The molecule has 0 bridgehead atoms. The van der Waals surface area contributed by atoms with Gasteiger partial charge in [0, 0.05) is 16.3 Å². The van der Waals surface area contributed by atoms with Gasteiger partial charge in [-0.1, -0.05) is 11.6 Å². The van der Waals surface area contributed by atoms with Gasteiger partial charge in [0.1, 0.15) is 6.54 Å². The summed E-state index contributed by atoms with van der Waals surface area (Å²) in [5, 5.41) is 10.3. The summed E-state index contributed by atoms with van der Waals surface area (Å²) in [6, 6.07) is 11.2. The lowest BCUT2D eigenvalue weighted by atomic mass is 10.2. The van der Waals surface area contributed by atoms with Crippen LogP contribution in [0.5, 0.6) is 0 Å². The molecule has 29 heavy (non-hydrogen) atoms. The van der Waals surface area contributed by atoms with E-state index in [0.29, 0.717) is 16.3 Å². The molecule has 0 aliphatic carbocycles. The third kappa shape index (κ3) is 6.86. The highest BCUT2D eigenvalue weighted by molar-refractivity contribution is 7.89. The van der Waals surface area contributed by atoms with E-state index in [1.807, 2.05) is 0 Å². The Morgan fingerprint density at radius 1 is 1.07 bits per heavy atom. The molecule has 2 aromatic rings. The number of nitrogens with two attached hydrogens (primary N) is 1. The van der Waals surface area contributed by atoms with Crippen molar-refractivity contribution < 1.29 is 27.5 Å².